The number of ketones is 2. The van der Waals surface area contributed by atoms with Crippen molar-refractivity contribution in [1.82, 2.24) is 4.98 Å². The fourth-order valence-corrected chi connectivity index (χ4v) is 2.20. The molecule has 1 aromatic carbocycles. The summed E-state index contributed by atoms with van der Waals surface area (Å²) >= 11 is 0. The second kappa shape index (κ2) is 7.71. The number of benzene rings is 1. The largest absolute Gasteiger partial charge is 0.417 e. The number of Topliss-reactive ketones (excluding diaryl/α,β-unsaturated/α-hetero) is 2. The molecule has 7 heteroatoms. The highest BCUT2D eigenvalue weighted by atomic mass is 19.4. The van der Waals surface area contributed by atoms with Crippen LogP contribution in [0.15, 0.2) is 48.7 Å². The number of alkyl halides is 3. The van der Waals surface area contributed by atoms with Gasteiger partial charge in [-0.3, -0.25) is 14.6 Å². The molecule has 2 aromatic rings. The van der Waals surface area contributed by atoms with Crippen molar-refractivity contribution in [1.29, 1.82) is 5.26 Å². The van der Waals surface area contributed by atoms with Crippen molar-refractivity contribution in [2.45, 2.75) is 24.9 Å². The van der Waals surface area contributed by atoms with Gasteiger partial charge in [0.25, 0.3) is 0 Å². The van der Waals surface area contributed by atoms with Gasteiger partial charge >= 0.3 is 6.18 Å². The lowest BCUT2D eigenvalue weighted by atomic mass is 9.95. The topological polar surface area (TPSA) is 70.8 Å². The van der Waals surface area contributed by atoms with E-state index in [1.54, 1.807) is 36.4 Å². The van der Waals surface area contributed by atoms with Gasteiger partial charge in [-0.25, -0.2) is 0 Å². The minimum absolute atomic E-state index is 0.0624. The van der Waals surface area contributed by atoms with Crippen molar-refractivity contribution >= 4 is 11.6 Å². The van der Waals surface area contributed by atoms with E-state index in [-0.39, 0.29) is 24.3 Å². The van der Waals surface area contributed by atoms with E-state index in [4.69, 9.17) is 5.26 Å². The van der Waals surface area contributed by atoms with E-state index >= 15 is 0 Å². The van der Waals surface area contributed by atoms with E-state index in [9.17, 15) is 22.8 Å². The molecule has 128 valence electrons. The lowest BCUT2D eigenvalue weighted by molar-refractivity contribution is -0.137. The second-order valence-electron chi connectivity index (χ2n) is 5.29. The minimum atomic E-state index is -4.54. The molecule has 25 heavy (non-hydrogen) atoms. The number of carbonyl (C=O) groups excluding carboxylic acids is 2. The molecule has 0 aliphatic carbocycles. The molecule has 0 radical (unpaired) electrons. The zero-order valence-corrected chi connectivity index (χ0v) is 13.0. The van der Waals surface area contributed by atoms with Crippen LogP contribution in [0, 0.1) is 11.3 Å². The Morgan fingerprint density at radius 1 is 1.08 bits per heavy atom. The smallest absolute Gasteiger partial charge is 0.298 e. The number of nitriles is 1. The Bertz CT molecular complexity index is 794. The van der Waals surface area contributed by atoms with E-state index in [2.05, 4.69) is 4.98 Å². The van der Waals surface area contributed by atoms with Crippen molar-refractivity contribution in [2.24, 2.45) is 0 Å². The Hall–Kier alpha value is -3.01. The highest BCUT2D eigenvalue weighted by Crippen LogP contribution is 2.29. The number of rotatable bonds is 6. The highest BCUT2D eigenvalue weighted by molar-refractivity contribution is 5.99. The molecule has 1 aromatic heterocycles. The Morgan fingerprint density at radius 3 is 2.28 bits per heavy atom. The van der Waals surface area contributed by atoms with Gasteiger partial charge < -0.3 is 0 Å². The zero-order valence-electron chi connectivity index (χ0n) is 13.0. The van der Waals surface area contributed by atoms with Gasteiger partial charge in [-0.1, -0.05) is 30.3 Å². The molecule has 0 aliphatic rings. The first-order chi connectivity index (χ1) is 11.8. The maximum atomic E-state index is 12.5. The van der Waals surface area contributed by atoms with Crippen LogP contribution in [0.2, 0.25) is 0 Å². The summed E-state index contributed by atoms with van der Waals surface area (Å²) in [5.41, 5.74) is -0.566. The van der Waals surface area contributed by atoms with Crippen LogP contribution < -0.4 is 0 Å². The molecular weight excluding hydrogens is 333 g/mol. The number of hydrogen-bond acceptors (Lipinski definition) is 4. The van der Waals surface area contributed by atoms with E-state index in [0.29, 0.717) is 11.8 Å². The third-order valence-electron chi connectivity index (χ3n) is 3.55. The predicted octanol–water partition coefficient (Wildman–Crippen LogP) is 3.94. The predicted molar refractivity (Wildman–Crippen MR) is 82.6 cm³/mol. The van der Waals surface area contributed by atoms with Crippen LogP contribution in [0.5, 0.6) is 0 Å². The van der Waals surface area contributed by atoms with Gasteiger partial charge in [0, 0.05) is 24.6 Å². The summed E-state index contributed by atoms with van der Waals surface area (Å²) in [6.45, 7) is 0. The first-order valence-electron chi connectivity index (χ1n) is 7.36. The zero-order chi connectivity index (χ0) is 18.4. The molecule has 0 amide bonds. The number of halogens is 3. The first-order valence-corrected chi connectivity index (χ1v) is 7.36. The van der Waals surface area contributed by atoms with Gasteiger partial charge in [0.05, 0.1) is 17.3 Å². The van der Waals surface area contributed by atoms with Crippen LogP contribution in [-0.4, -0.2) is 16.6 Å². The monoisotopic (exact) mass is 346 g/mol. The fraction of sp³-hybridized carbons (Fsp3) is 0.222. The quantitative estimate of drug-likeness (QED) is 0.743. The van der Waals surface area contributed by atoms with Crippen LogP contribution >= 0.6 is 0 Å². The average molecular weight is 346 g/mol. The summed E-state index contributed by atoms with van der Waals surface area (Å²) in [5, 5.41) is 9.14. The van der Waals surface area contributed by atoms with Crippen LogP contribution in [0.1, 0.15) is 40.4 Å². The molecular formula is C18H13F3N2O2. The molecule has 0 fully saturated rings. The number of aromatic nitrogens is 1. The Labute approximate surface area is 141 Å². The summed E-state index contributed by atoms with van der Waals surface area (Å²) in [4.78, 5) is 27.7. The van der Waals surface area contributed by atoms with Crippen LogP contribution in [0.25, 0.3) is 0 Å². The van der Waals surface area contributed by atoms with Crippen molar-refractivity contribution in [3.63, 3.8) is 0 Å². The van der Waals surface area contributed by atoms with E-state index in [0.717, 1.165) is 12.1 Å². The summed E-state index contributed by atoms with van der Waals surface area (Å²) in [7, 11) is 0. The SMILES string of the molecule is N#CC(C(=O)CCC(=O)c1ccccc1)c1ccc(C(F)(F)F)cn1. The number of nitrogens with zero attached hydrogens (tertiary/aromatic N) is 2. The highest BCUT2D eigenvalue weighted by Gasteiger charge is 2.31. The summed E-state index contributed by atoms with van der Waals surface area (Å²) < 4.78 is 37.6. The van der Waals surface area contributed by atoms with Gasteiger partial charge in [0.15, 0.2) is 11.6 Å². The molecule has 0 saturated heterocycles. The molecule has 0 aliphatic heterocycles. The van der Waals surface area contributed by atoms with Gasteiger partial charge in [-0.05, 0) is 12.1 Å². The Kier molecular flexibility index (Phi) is 5.65. The van der Waals surface area contributed by atoms with Gasteiger partial charge in [-0.2, -0.15) is 18.4 Å². The molecule has 0 spiro atoms. The maximum absolute atomic E-state index is 12.5. The molecule has 4 nitrogen and oxygen atoms in total. The molecule has 1 heterocycles. The van der Waals surface area contributed by atoms with Gasteiger partial charge in [0.2, 0.25) is 0 Å². The molecule has 0 saturated carbocycles. The van der Waals surface area contributed by atoms with Crippen molar-refractivity contribution < 1.29 is 22.8 Å². The standard InChI is InChI=1S/C18H13F3N2O2/c19-18(20,21)13-6-7-15(23-11-13)14(10-22)17(25)9-8-16(24)12-4-2-1-3-5-12/h1-7,11,14H,8-9H2. The minimum Gasteiger partial charge on any atom is -0.298 e. The lowest BCUT2D eigenvalue weighted by Crippen LogP contribution is -2.15. The third kappa shape index (κ3) is 4.73. The van der Waals surface area contributed by atoms with Crippen molar-refractivity contribution in [2.75, 3.05) is 0 Å². The number of pyridine rings is 1. The Balaban J connectivity index is 2.04. The van der Waals surface area contributed by atoms with Crippen molar-refractivity contribution in [3.8, 4) is 6.07 Å². The summed E-state index contributed by atoms with van der Waals surface area (Å²) in [6.07, 6.45) is -4.22. The van der Waals surface area contributed by atoms with E-state index in [1.165, 1.54) is 0 Å². The molecule has 0 bridgehead atoms. The third-order valence-corrected chi connectivity index (χ3v) is 3.55. The fourth-order valence-electron chi connectivity index (χ4n) is 2.20. The van der Waals surface area contributed by atoms with Crippen molar-refractivity contribution in [3.05, 3.63) is 65.5 Å². The second-order valence-corrected chi connectivity index (χ2v) is 5.29. The van der Waals surface area contributed by atoms with E-state index in [1.807, 2.05) is 0 Å². The van der Waals surface area contributed by atoms with Crippen LogP contribution in [0.4, 0.5) is 13.2 Å². The molecule has 1 unspecified atom stereocenters. The van der Waals surface area contributed by atoms with E-state index < -0.39 is 23.4 Å². The van der Waals surface area contributed by atoms with Crippen LogP contribution in [0.3, 0.4) is 0 Å². The van der Waals surface area contributed by atoms with Gasteiger partial charge in [0.1, 0.15) is 5.92 Å². The summed E-state index contributed by atoms with van der Waals surface area (Å²) in [5.74, 6) is -2.10. The van der Waals surface area contributed by atoms with Gasteiger partial charge in [-0.15, -0.1) is 0 Å². The summed E-state index contributed by atoms with van der Waals surface area (Å²) in [6, 6.07) is 11.9. The lowest BCUT2D eigenvalue weighted by Gasteiger charge is -2.10. The maximum Gasteiger partial charge on any atom is 0.417 e. The molecule has 1 atom stereocenters. The molecule has 0 N–H and O–H groups in total. The normalized spacial score (nSPS) is 12.2. The Morgan fingerprint density at radius 2 is 1.76 bits per heavy atom. The number of hydrogen-bond donors (Lipinski definition) is 0. The van der Waals surface area contributed by atoms with Crippen LogP contribution in [-0.2, 0) is 11.0 Å². The molecule has 2 rings (SSSR count). The number of carbonyl (C=O) groups is 2. The first kappa shape index (κ1) is 18.3. The average Bonchev–Trinajstić information content (AvgIpc) is 2.60.